The van der Waals surface area contributed by atoms with Gasteiger partial charge in [-0.05, 0) is 43.3 Å². The number of sulfonamides is 1. The van der Waals surface area contributed by atoms with E-state index in [1.807, 2.05) is 49.4 Å². The number of benzene rings is 3. The molecule has 4 aromatic rings. The van der Waals surface area contributed by atoms with E-state index in [-0.39, 0.29) is 11.4 Å². The first-order chi connectivity index (χ1) is 16.0. The first-order valence-corrected chi connectivity index (χ1v) is 11.9. The molecule has 0 aliphatic carbocycles. The number of ether oxygens (including phenoxy) is 2. The Hall–Kier alpha value is -3.78. The van der Waals surface area contributed by atoms with Crippen LogP contribution in [-0.4, -0.2) is 26.6 Å². The summed E-state index contributed by atoms with van der Waals surface area (Å²) in [5.74, 6) is 1.39. The highest BCUT2D eigenvalue weighted by Gasteiger charge is 2.28. The van der Waals surface area contributed by atoms with Gasteiger partial charge in [-0.25, -0.2) is 13.4 Å². The fourth-order valence-electron chi connectivity index (χ4n) is 3.58. The summed E-state index contributed by atoms with van der Waals surface area (Å²) in [5, 5.41) is 0. The molecule has 1 aliphatic heterocycles. The molecule has 0 spiro atoms. The molecule has 0 fully saturated rings. The van der Waals surface area contributed by atoms with Gasteiger partial charge in [0.1, 0.15) is 25.2 Å². The monoisotopic (exact) mass is 462 g/mol. The quantitative estimate of drug-likeness (QED) is 0.409. The van der Waals surface area contributed by atoms with Gasteiger partial charge in [-0.3, -0.25) is 4.31 Å². The van der Waals surface area contributed by atoms with Gasteiger partial charge in [0, 0.05) is 11.6 Å². The van der Waals surface area contributed by atoms with E-state index in [2.05, 4.69) is 4.98 Å². The Morgan fingerprint density at radius 1 is 0.909 bits per heavy atom. The molecule has 0 saturated heterocycles. The van der Waals surface area contributed by atoms with Gasteiger partial charge in [-0.1, -0.05) is 35.9 Å². The zero-order chi connectivity index (χ0) is 22.8. The summed E-state index contributed by atoms with van der Waals surface area (Å²) >= 11 is 0. The molecule has 0 amide bonds. The van der Waals surface area contributed by atoms with Gasteiger partial charge in [0.2, 0.25) is 5.89 Å². The van der Waals surface area contributed by atoms with Gasteiger partial charge in [0.25, 0.3) is 10.0 Å². The SMILES string of the molecule is Cc1ccc(N(Cc2coc(-c3ccccc3)n2)S(=O)(=O)c2ccc3c(c2)OCCO3)cc1. The highest BCUT2D eigenvalue weighted by atomic mass is 32.2. The van der Waals surface area contributed by atoms with Crippen molar-refractivity contribution < 1.29 is 22.3 Å². The lowest BCUT2D eigenvalue weighted by Crippen LogP contribution is -2.31. The van der Waals surface area contributed by atoms with Crippen molar-refractivity contribution in [3.05, 3.63) is 90.3 Å². The van der Waals surface area contributed by atoms with Crippen molar-refractivity contribution in [2.75, 3.05) is 17.5 Å². The Balaban J connectivity index is 1.52. The molecule has 0 atom stereocenters. The van der Waals surface area contributed by atoms with Crippen LogP contribution in [0.2, 0.25) is 0 Å². The number of hydrogen-bond donors (Lipinski definition) is 0. The maximum absolute atomic E-state index is 13.8. The van der Waals surface area contributed by atoms with E-state index in [1.165, 1.54) is 22.7 Å². The van der Waals surface area contributed by atoms with Crippen molar-refractivity contribution in [3.8, 4) is 23.0 Å². The molecule has 5 rings (SSSR count). The summed E-state index contributed by atoms with van der Waals surface area (Å²) in [6.45, 7) is 2.77. The van der Waals surface area contributed by atoms with Crippen LogP contribution in [0.25, 0.3) is 11.5 Å². The summed E-state index contributed by atoms with van der Waals surface area (Å²) in [4.78, 5) is 4.63. The van der Waals surface area contributed by atoms with Gasteiger partial charge in [0.15, 0.2) is 11.5 Å². The first kappa shape index (κ1) is 21.1. The number of fused-ring (bicyclic) bond motifs is 1. The highest BCUT2D eigenvalue weighted by molar-refractivity contribution is 7.92. The van der Waals surface area contributed by atoms with Crippen LogP contribution in [0.5, 0.6) is 11.5 Å². The molecule has 0 bridgehead atoms. The second kappa shape index (κ2) is 8.63. The van der Waals surface area contributed by atoms with Crippen molar-refractivity contribution in [2.24, 2.45) is 0 Å². The lowest BCUT2D eigenvalue weighted by atomic mass is 10.2. The zero-order valence-corrected chi connectivity index (χ0v) is 18.8. The van der Waals surface area contributed by atoms with Gasteiger partial charge in [-0.15, -0.1) is 0 Å². The molecule has 0 radical (unpaired) electrons. The summed E-state index contributed by atoms with van der Waals surface area (Å²) < 4.78 is 45.6. The Kier molecular flexibility index (Phi) is 5.51. The molecule has 0 unspecified atom stereocenters. The molecular formula is C25H22N2O5S. The topological polar surface area (TPSA) is 81.9 Å². The Morgan fingerprint density at radius 3 is 2.39 bits per heavy atom. The van der Waals surface area contributed by atoms with E-state index in [0.717, 1.165) is 11.1 Å². The molecule has 168 valence electrons. The molecule has 33 heavy (non-hydrogen) atoms. The standard InChI is InChI=1S/C25H22N2O5S/c1-18-7-9-21(10-8-18)27(16-20-17-32-25(26-20)19-5-3-2-4-6-19)33(28,29)22-11-12-23-24(15-22)31-14-13-30-23/h2-12,15,17H,13-14,16H2,1H3. The molecule has 8 heteroatoms. The number of anilines is 1. The van der Waals surface area contributed by atoms with Crippen LogP contribution in [0.3, 0.4) is 0 Å². The number of nitrogens with zero attached hydrogens (tertiary/aromatic N) is 2. The van der Waals surface area contributed by atoms with E-state index >= 15 is 0 Å². The summed E-state index contributed by atoms with van der Waals surface area (Å²) in [6, 6.07) is 21.4. The predicted molar refractivity (Wildman–Crippen MR) is 124 cm³/mol. The van der Waals surface area contributed by atoms with Crippen molar-refractivity contribution in [2.45, 2.75) is 18.4 Å². The molecule has 2 heterocycles. The number of oxazole rings is 1. The highest BCUT2D eigenvalue weighted by Crippen LogP contribution is 2.35. The molecule has 3 aromatic carbocycles. The van der Waals surface area contributed by atoms with Crippen molar-refractivity contribution >= 4 is 15.7 Å². The van der Waals surface area contributed by atoms with Gasteiger partial charge in [-0.2, -0.15) is 0 Å². The second-order valence-corrected chi connectivity index (χ2v) is 9.53. The average molecular weight is 463 g/mol. The van der Waals surface area contributed by atoms with Crippen LogP contribution in [-0.2, 0) is 16.6 Å². The minimum Gasteiger partial charge on any atom is -0.486 e. The molecule has 0 saturated carbocycles. The summed E-state index contributed by atoms with van der Waals surface area (Å²) in [7, 11) is -3.94. The van der Waals surface area contributed by atoms with Crippen LogP contribution in [0.15, 0.2) is 88.4 Å². The third-order valence-electron chi connectivity index (χ3n) is 5.30. The fourth-order valence-corrected chi connectivity index (χ4v) is 5.03. The first-order valence-electron chi connectivity index (χ1n) is 10.5. The number of aryl methyl sites for hydroxylation is 1. The van der Waals surface area contributed by atoms with Crippen molar-refractivity contribution in [3.63, 3.8) is 0 Å². The molecule has 1 aliphatic rings. The van der Waals surface area contributed by atoms with E-state index in [9.17, 15) is 8.42 Å². The molecule has 7 nitrogen and oxygen atoms in total. The Labute approximate surface area is 192 Å². The van der Waals surface area contributed by atoms with E-state index < -0.39 is 10.0 Å². The van der Waals surface area contributed by atoms with E-state index in [0.29, 0.717) is 42.0 Å². The lowest BCUT2D eigenvalue weighted by molar-refractivity contribution is 0.171. The van der Waals surface area contributed by atoms with Gasteiger partial charge in [0.05, 0.1) is 17.1 Å². The normalized spacial score (nSPS) is 13.0. The predicted octanol–water partition coefficient (Wildman–Crippen LogP) is 4.82. The number of hydrogen-bond acceptors (Lipinski definition) is 6. The van der Waals surface area contributed by atoms with E-state index in [4.69, 9.17) is 13.9 Å². The average Bonchev–Trinajstić information content (AvgIpc) is 3.32. The van der Waals surface area contributed by atoms with Gasteiger partial charge < -0.3 is 13.9 Å². The molecule has 0 N–H and O–H groups in total. The van der Waals surface area contributed by atoms with Crippen LogP contribution in [0.1, 0.15) is 11.3 Å². The Bertz CT molecular complexity index is 1370. The molecule has 1 aromatic heterocycles. The maximum atomic E-state index is 13.8. The van der Waals surface area contributed by atoms with Gasteiger partial charge >= 0.3 is 0 Å². The van der Waals surface area contributed by atoms with Crippen LogP contribution in [0, 0.1) is 6.92 Å². The summed E-state index contributed by atoms with van der Waals surface area (Å²) in [5.41, 5.74) is 2.87. The third-order valence-corrected chi connectivity index (χ3v) is 7.07. The number of aromatic nitrogens is 1. The van der Waals surface area contributed by atoms with E-state index in [1.54, 1.807) is 18.2 Å². The van der Waals surface area contributed by atoms with Crippen LogP contribution >= 0.6 is 0 Å². The Morgan fingerprint density at radius 2 is 1.64 bits per heavy atom. The summed E-state index contributed by atoms with van der Waals surface area (Å²) in [6.07, 6.45) is 1.49. The maximum Gasteiger partial charge on any atom is 0.264 e. The molecular weight excluding hydrogens is 440 g/mol. The van der Waals surface area contributed by atoms with Crippen molar-refractivity contribution in [1.82, 2.24) is 4.98 Å². The smallest absolute Gasteiger partial charge is 0.264 e. The minimum atomic E-state index is -3.94. The number of rotatable bonds is 6. The second-order valence-electron chi connectivity index (χ2n) is 7.66. The van der Waals surface area contributed by atoms with Crippen molar-refractivity contribution in [1.29, 1.82) is 0 Å². The zero-order valence-electron chi connectivity index (χ0n) is 18.0. The minimum absolute atomic E-state index is 0.0101. The van der Waals surface area contributed by atoms with Crippen LogP contribution in [0.4, 0.5) is 5.69 Å². The lowest BCUT2D eigenvalue weighted by Gasteiger charge is -2.25. The largest absolute Gasteiger partial charge is 0.486 e. The fraction of sp³-hybridized carbons (Fsp3) is 0.160. The third kappa shape index (κ3) is 4.29. The van der Waals surface area contributed by atoms with Crippen LogP contribution < -0.4 is 13.8 Å².